The van der Waals surface area contributed by atoms with Crippen LogP contribution in [-0.2, 0) is 30.3 Å². The number of hydrogen-bond donors (Lipinski definition) is 3. The molecule has 4 atom stereocenters. The van der Waals surface area contributed by atoms with Gasteiger partial charge in [-0.2, -0.15) is 0 Å². The molecule has 0 radical (unpaired) electrons. The zero-order valence-electron chi connectivity index (χ0n) is 24.7. The molecule has 3 rings (SSSR count). The summed E-state index contributed by atoms with van der Waals surface area (Å²) in [5, 5.41) is 12.2. The minimum Gasteiger partial charge on any atom is -0.385 e. The van der Waals surface area contributed by atoms with Crippen LogP contribution in [0.1, 0.15) is 75.2 Å². The van der Waals surface area contributed by atoms with Crippen LogP contribution in [-0.4, -0.2) is 72.7 Å². The van der Waals surface area contributed by atoms with Gasteiger partial charge in [-0.1, -0.05) is 63.2 Å². The number of nitrogens with one attached hydrogen (secondary N) is 3. The number of hydrogen-bond acceptors (Lipinski definition) is 8. The van der Waals surface area contributed by atoms with E-state index in [1.54, 1.807) is 6.92 Å². The fraction of sp³-hybridized carbons (Fsp3) is 0.567. The lowest BCUT2D eigenvalue weighted by Gasteiger charge is -2.26. The van der Waals surface area contributed by atoms with E-state index >= 15 is 0 Å². The number of carbonyl (C=O) groups excluding carboxylic acids is 4. The molecule has 3 N–H and O–H groups in total. The van der Waals surface area contributed by atoms with Crippen LogP contribution in [0.15, 0.2) is 40.9 Å². The number of carbonyl (C=O) groups is 4. The maximum Gasteiger partial charge on any atom is 0.274 e. The number of benzene rings is 1. The van der Waals surface area contributed by atoms with E-state index < -0.39 is 41.4 Å². The molecule has 224 valence electrons. The molecule has 1 aromatic heterocycles. The third kappa shape index (κ3) is 9.22. The molecule has 1 saturated heterocycles. The Kier molecular flexibility index (Phi) is 11.2. The Morgan fingerprint density at radius 1 is 0.976 bits per heavy atom. The van der Waals surface area contributed by atoms with Crippen molar-refractivity contribution in [2.24, 2.45) is 5.92 Å². The van der Waals surface area contributed by atoms with Crippen molar-refractivity contribution in [3.63, 3.8) is 0 Å². The van der Waals surface area contributed by atoms with Crippen LogP contribution in [0.4, 0.5) is 0 Å². The molecular weight excluding hydrogens is 528 g/mol. The maximum absolute atomic E-state index is 13.6. The van der Waals surface area contributed by atoms with Crippen LogP contribution in [0.3, 0.4) is 0 Å². The monoisotopic (exact) mass is 570 g/mol. The number of epoxide rings is 1. The molecular formula is C30H42N4O7. The van der Waals surface area contributed by atoms with E-state index in [4.69, 9.17) is 14.0 Å². The van der Waals surface area contributed by atoms with Gasteiger partial charge in [-0.3, -0.25) is 19.2 Å². The first-order chi connectivity index (χ1) is 19.4. The first-order valence-electron chi connectivity index (χ1n) is 14.0. The molecule has 0 saturated carbocycles. The van der Waals surface area contributed by atoms with E-state index in [9.17, 15) is 19.2 Å². The Morgan fingerprint density at radius 2 is 1.61 bits per heavy atom. The summed E-state index contributed by atoms with van der Waals surface area (Å²) < 4.78 is 15.7. The first-order valence-corrected chi connectivity index (χ1v) is 14.0. The second kappa shape index (κ2) is 14.4. The smallest absolute Gasteiger partial charge is 0.274 e. The van der Waals surface area contributed by atoms with Crippen LogP contribution >= 0.6 is 0 Å². The first kappa shape index (κ1) is 32.0. The lowest BCUT2D eigenvalue weighted by atomic mass is 9.93. The van der Waals surface area contributed by atoms with E-state index in [-0.39, 0.29) is 42.8 Å². The average Bonchev–Trinajstić information content (AvgIpc) is 3.48. The highest BCUT2D eigenvalue weighted by molar-refractivity contribution is 5.99. The molecule has 1 aliphatic heterocycles. The number of aromatic nitrogens is 1. The SMILES string of the molecule is COCC[C@H](NC(=O)c1cc(C(C)C)on1)C(=O)N[C@@H](Cc1ccccc1)C(=O)N[C@@H](CC(C)C)C(=O)C1(C)CO1. The van der Waals surface area contributed by atoms with E-state index in [1.807, 2.05) is 58.0 Å². The normalized spacial score (nSPS) is 18.4. The lowest BCUT2D eigenvalue weighted by molar-refractivity contribution is -0.133. The van der Waals surface area contributed by atoms with Crippen LogP contribution < -0.4 is 16.0 Å². The summed E-state index contributed by atoms with van der Waals surface area (Å²) in [7, 11) is 1.49. The Labute approximate surface area is 241 Å². The van der Waals surface area contributed by atoms with Gasteiger partial charge >= 0.3 is 0 Å². The summed E-state index contributed by atoms with van der Waals surface area (Å²) in [6, 6.07) is 7.98. The topological polar surface area (TPSA) is 152 Å². The minimum absolute atomic E-state index is 0.0364. The van der Waals surface area contributed by atoms with Crippen molar-refractivity contribution in [2.45, 2.75) is 83.5 Å². The highest BCUT2D eigenvalue weighted by Crippen LogP contribution is 2.29. The van der Waals surface area contributed by atoms with Crippen molar-refractivity contribution in [1.82, 2.24) is 21.1 Å². The van der Waals surface area contributed by atoms with Gasteiger partial charge in [-0.25, -0.2) is 0 Å². The minimum atomic E-state index is -1.01. The second-order valence-corrected chi connectivity index (χ2v) is 11.4. The summed E-state index contributed by atoms with van der Waals surface area (Å²) in [6.45, 7) is 9.96. The molecule has 11 nitrogen and oxygen atoms in total. The van der Waals surface area contributed by atoms with Crippen LogP contribution in [0, 0.1) is 5.92 Å². The second-order valence-electron chi connectivity index (χ2n) is 11.4. The zero-order chi connectivity index (χ0) is 30.2. The van der Waals surface area contributed by atoms with Crippen molar-refractivity contribution >= 4 is 23.5 Å². The number of nitrogens with zero attached hydrogens (tertiary/aromatic N) is 1. The lowest BCUT2D eigenvalue weighted by Crippen LogP contribution is -2.57. The molecule has 41 heavy (non-hydrogen) atoms. The Bertz CT molecular complexity index is 1190. The van der Waals surface area contributed by atoms with Crippen molar-refractivity contribution in [3.8, 4) is 0 Å². The number of amides is 3. The van der Waals surface area contributed by atoms with E-state index in [2.05, 4.69) is 21.1 Å². The molecule has 1 aromatic carbocycles. The third-order valence-corrected chi connectivity index (χ3v) is 6.92. The number of Topliss-reactive ketones (excluding diaryl/α,β-unsaturated/α-hetero) is 1. The largest absolute Gasteiger partial charge is 0.385 e. The number of ether oxygens (including phenoxy) is 2. The van der Waals surface area contributed by atoms with Gasteiger partial charge in [0, 0.05) is 32.1 Å². The van der Waals surface area contributed by atoms with E-state index in [1.165, 1.54) is 13.2 Å². The molecule has 2 heterocycles. The van der Waals surface area contributed by atoms with Crippen molar-refractivity contribution in [1.29, 1.82) is 0 Å². The third-order valence-electron chi connectivity index (χ3n) is 6.92. The molecule has 1 unspecified atom stereocenters. The van der Waals surface area contributed by atoms with Crippen LogP contribution in [0.25, 0.3) is 0 Å². The molecule has 0 aliphatic carbocycles. The summed E-state index contributed by atoms with van der Waals surface area (Å²) in [4.78, 5) is 53.2. The standard InChI is InChI=1S/C30H42N4O7/c1-18(2)14-22(26(35)30(5)17-40-30)32-28(37)23(15-20-10-8-7-9-11-20)33-27(36)21(12-13-39-6)31-29(38)24-16-25(19(3)4)41-34-24/h7-11,16,18-19,21-23H,12-15,17H2,1-6H3,(H,31,38)(H,32,37)(H,33,36)/t21-,22-,23-,30?/m0/s1. The zero-order valence-corrected chi connectivity index (χ0v) is 24.7. The molecule has 0 spiro atoms. The molecule has 1 fully saturated rings. The highest BCUT2D eigenvalue weighted by atomic mass is 16.6. The molecule has 2 aromatic rings. The summed E-state index contributed by atoms with van der Waals surface area (Å²) >= 11 is 0. The van der Waals surface area contributed by atoms with Crippen molar-refractivity contribution in [2.75, 3.05) is 20.3 Å². The van der Waals surface area contributed by atoms with Crippen LogP contribution in [0.2, 0.25) is 0 Å². The van der Waals surface area contributed by atoms with Crippen molar-refractivity contribution in [3.05, 3.63) is 53.4 Å². The van der Waals surface area contributed by atoms with Crippen LogP contribution in [0.5, 0.6) is 0 Å². The quantitative estimate of drug-likeness (QED) is 0.261. The molecule has 1 aliphatic rings. The summed E-state index contributed by atoms with van der Waals surface area (Å²) in [5.74, 6) is -1.12. The maximum atomic E-state index is 13.6. The average molecular weight is 571 g/mol. The number of rotatable bonds is 16. The van der Waals surface area contributed by atoms with Gasteiger partial charge in [0.2, 0.25) is 11.8 Å². The Hall–Kier alpha value is -3.57. The Balaban J connectivity index is 1.79. The van der Waals surface area contributed by atoms with Gasteiger partial charge < -0.3 is 29.9 Å². The fourth-order valence-corrected chi connectivity index (χ4v) is 4.33. The molecule has 11 heteroatoms. The molecule has 3 amide bonds. The van der Waals surface area contributed by atoms with Gasteiger partial charge in [0.1, 0.15) is 23.4 Å². The van der Waals surface area contributed by atoms with E-state index in [0.717, 1.165) is 5.56 Å². The molecule has 0 bridgehead atoms. The predicted octanol–water partition coefficient (Wildman–Crippen LogP) is 2.55. The van der Waals surface area contributed by atoms with Gasteiger partial charge in [-0.15, -0.1) is 0 Å². The van der Waals surface area contributed by atoms with E-state index in [0.29, 0.717) is 18.8 Å². The predicted molar refractivity (Wildman–Crippen MR) is 151 cm³/mol. The fourth-order valence-electron chi connectivity index (χ4n) is 4.33. The number of methoxy groups -OCH3 is 1. The Morgan fingerprint density at radius 3 is 2.17 bits per heavy atom. The highest BCUT2D eigenvalue weighted by Gasteiger charge is 2.50. The van der Waals surface area contributed by atoms with Gasteiger partial charge in [-0.05, 0) is 31.2 Å². The summed E-state index contributed by atoms with van der Waals surface area (Å²) in [6.07, 6.45) is 0.769. The van der Waals surface area contributed by atoms with Gasteiger partial charge in [0.25, 0.3) is 5.91 Å². The summed E-state index contributed by atoms with van der Waals surface area (Å²) in [5.41, 5.74) is -0.0383. The van der Waals surface area contributed by atoms with Gasteiger partial charge in [0.05, 0.1) is 12.6 Å². The number of ketones is 1. The van der Waals surface area contributed by atoms with Gasteiger partial charge in [0.15, 0.2) is 11.5 Å². The van der Waals surface area contributed by atoms with Crippen molar-refractivity contribution < 1.29 is 33.2 Å².